The summed E-state index contributed by atoms with van der Waals surface area (Å²) in [5.41, 5.74) is -0.575. The number of hydrogen-bond donors (Lipinski definition) is 1. The molecule has 0 unspecified atom stereocenters. The van der Waals surface area contributed by atoms with Crippen LogP contribution in [0.1, 0.15) is 23.4 Å². The maximum Gasteiger partial charge on any atom is 0.416 e. The third-order valence-electron chi connectivity index (χ3n) is 5.04. The number of likely N-dealkylation sites (N-methyl/N-ethyl adjacent to an activating group) is 1. The molecule has 3 heterocycles. The van der Waals surface area contributed by atoms with E-state index in [-0.39, 0.29) is 24.6 Å². The molecule has 3 aromatic rings. The fourth-order valence-electron chi connectivity index (χ4n) is 3.51. The van der Waals surface area contributed by atoms with Crippen molar-refractivity contribution in [1.29, 1.82) is 0 Å². The molecule has 0 aliphatic carbocycles. The average Bonchev–Trinajstić information content (AvgIpc) is 3.34. The normalized spacial score (nSPS) is 17.1. The number of aryl methyl sites for hydroxylation is 1. The number of rotatable bonds is 5. The van der Waals surface area contributed by atoms with E-state index in [0.717, 1.165) is 11.9 Å². The number of alkyl halides is 3. The first-order chi connectivity index (χ1) is 14.3. The highest BCUT2D eigenvalue weighted by Gasteiger charge is 2.33. The van der Waals surface area contributed by atoms with E-state index in [2.05, 4.69) is 20.5 Å². The quantitative estimate of drug-likeness (QED) is 0.685. The summed E-state index contributed by atoms with van der Waals surface area (Å²) in [6, 6.07) is 6.73. The molecule has 1 aliphatic rings. The van der Waals surface area contributed by atoms with Gasteiger partial charge in [-0.1, -0.05) is 18.2 Å². The summed E-state index contributed by atoms with van der Waals surface area (Å²) in [6.45, 7) is 0.765. The highest BCUT2D eigenvalue weighted by atomic mass is 19.4. The SMILES string of the molecule is CN1C(=O)[C@@H](NCc2ncn(Cc3ccccc3C(F)(F)F)n2)CCn2nccc21. The lowest BCUT2D eigenvalue weighted by Crippen LogP contribution is -2.44. The van der Waals surface area contributed by atoms with E-state index in [1.807, 2.05) is 0 Å². The second kappa shape index (κ2) is 7.90. The first-order valence-electron chi connectivity index (χ1n) is 9.39. The molecule has 8 nitrogen and oxygen atoms in total. The van der Waals surface area contributed by atoms with Crippen LogP contribution in [-0.2, 0) is 30.6 Å². The van der Waals surface area contributed by atoms with Gasteiger partial charge in [-0.3, -0.25) is 15.0 Å². The molecule has 30 heavy (non-hydrogen) atoms. The monoisotopic (exact) mass is 419 g/mol. The van der Waals surface area contributed by atoms with Gasteiger partial charge in [0.25, 0.3) is 0 Å². The molecule has 0 fully saturated rings. The second-order valence-corrected chi connectivity index (χ2v) is 7.05. The predicted octanol–water partition coefficient (Wildman–Crippen LogP) is 2.07. The van der Waals surface area contributed by atoms with Crippen LogP contribution in [0.2, 0.25) is 0 Å². The van der Waals surface area contributed by atoms with Crippen LogP contribution in [0.25, 0.3) is 0 Å². The van der Waals surface area contributed by atoms with E-state index in [4.69, 9.17) is 0 Å². The molecular formula is C19H20F3N7O. The Morgan fingerprint density at radius 2 is 2.03 bits per heavy atom. The molecule has 1 aliphatic heterocycles. The van der Waals surface area contributed by atoms with Crippen LogP contribution >= 0.6 is 0 Å². The number of aromatic nitrogens is 5. The minimum absolute atomic E-state index is 0.0467. The molecule has 1 N–H and O–H groups in total. The van der Waals surface area contributed by atoms with Crippen LogP contribution in [0, 0.1) is 0 Å². The van der Waals surface area contributed by atoms with E-state index < -0.39 is 17.8 Å². The minimum Gasteiger partial charge on any atom is -0.299 e. The fraction of sp³-hybridized carbons (Fsp3) is 0.368. The molecule has 1 atom stereocenters. The van der Waals surface area contributed by atoms with Crippen molar-refractivity contribution in [1.82, 2.24) is 29.9 Å². The minimum atomic E-state index is -4.43. The van der Waals surface area contributed by atoms with Crippen LogP contribution in [-0.4, -0.2) is 43.5 Å². The summed E-state index contributed by atoms with van der Waals surface area (Å²) in [6.07, 6.45) is -0.833. The van der Waals surface area contributed by atoms with Crippen LogP contribution in [0.5, 0.6) is 0 Å². The van der Waals surface area contributed by atoms with Crippen molar-refractivity contribution >= 4 is 11.7 Å². The van der Waals surface area contributed by atoms with Gasteiger partial charge in [-0.2, -0.15) is 23.4 Å². The van der Waals surface area contributed by atoms with E-state index in [9.17, 15) is 18.0 Å². The van der Waals surface area contributed by atoms with Crippen molar-refractivity contribution in [3.8, 4) is 0 Å². The lowest BCUT2D eigenvalue weighted by molar-refractivity contribution is -0.138. The molecular weight excluding hydrogens is 399 g/mol. The topological polar surface area (TPSA) is 80.9 Å². The van der Waals surface area contributed by atoms with Crippen LogP contribution in [0.15, 0.2) is 42.9 Å². The molecule has 4 rings (SSSR count). The number of benzene rings is 1. The molecule has 158 valence electrons. The third kappa shape index (κ3) is 4.06. The first kappa shape index (κ1) is 20.1. The van der Waals surface area contributed by atoms with Crippen molar-refractivity contribution in [2.45, 2.75) is 38.3 Å². The number of fused-ring (bicyclic) bond motifs is 1. The highest BCUT2D eigenvalue weighted by molar-refractivity contribution is 5.96. The van der Waals surface area contributed by atoms with Crippen LogP contribution < -0.4 is 10.2 Å². The average molecular weight is 419 g/mol. The Morgan fingerprint density at radius 3 is 2.83 bits per heavy atom. The maximum absolute atomic E-state index is 13.2. The molecule has 11 heteroatoms. The molecule has 0 spiro atoms. The molecule has 0 saturated carbocycles. The third-order valence-corrected chi connectivity index (χ3v) is 5.04. The second-order valence-electron chi connectivity index (χ2n) is 7.05. The van der Waals surface area contributed by atoms with Gasteiger partial charge in [-0.05, 0) is 18.1 Å². The number of amides is 1. The first-order valence-corrected chi connectivity index (χ1v) is 9.39. The zero-order valence-corrected chi connectivity index (χ0v) is 16.2. The number of nitrogens with one attached hydrogen (secondary N) is 1. The largest absolute Gasteiger partial charge is 0.416 e. The lowest BCUT2D eigenvalue weighted by atomic mass is 10.1. The van der Waals surface area contributed by atoms with E-state index >= 15 is 0 Å². The summed E-state index contributed by atoms with van der Waals surface area (Å²) in [5.74, 6) is 1.04. The molecule has 0 saturated heterocycles. The zero-order chi connectivity index (χ0) is 21.3. The van der Waals surface area contributed by atoms with Gasteiger partial charge in [0.1, 0.15) is 12.1 Å². The summed E-state index contributed by atoms with van der Waals surface area (Å²) in [4.78, 5) is 18.4. The number of nitrogens with zero attached hydrogens (tertiary/aromatic N) is 6. The number of halogens is 3. The Balaban J connectivity index is 1.40. The van der Waals surface area contributed by atoms with Crippen molar-refractivity contribution < 1.29 is 18.0 Å². The summed E-state index contributed by atoms with van der Waals surface area (Å²) in [5, 5.41) is 11.6. The van der Waals surface area contributed by atoms with Crippen molar-refractivity contribution in [3.63, 3.8) is 0 Å². The van der Waals surface area contributed by atoms with E-state index in [1.165, 1.54) is 23.1 Å². The van der Waals surface area contributed by atoms with Crippen molar-refractivity contribution in [2.24, 2.45) is 0 Å². The van der Waals surface area contributed by atoms with Crippen molar-refractivity contribution in [3.05, 3.63) is 59.8 Å². The molecule has 1 aromatic carbocycles. The summed E-state index contributed by atoms with van der Waals surface area (Å²) >= 11 is 0. The Bertz CT molecular complexity index is 1040. The van der Waals surface area contributed by atoms with E-state index in [1.54, 1.807) is 35.0 Å². The van der Waals surface area contributed by atoms with Gasteiger partial charge in [0.05, 0.1) is 30.9 Å². The Labute approximate surface area is 170 Å². The molecule has 0 bridgehead atoms. The Kier molecular flexibility index (Phi) is 5.29. The highest BCUT2D eigenvalue weighted by Crippen LogP contribution is 2.32. The van der Waals surface area contributed by atoms with Crippen molar-refractivity contribution in [2.75, 3.05) is 11.9 Å². The summed E-state index contributed by atoms with van der Waals surface area (Å²) in [7, 11) is 1.70. The maximum atomic E-state index is 13.2. The number of hydrogen-bond acceptors (Lipinski definition) is 5. The van der Waals surface area contributed by atoms with Gasteiger partial charge in [0, 0.05) is 19.7 Å². The van der Waals surface area contributed by atoms with Crippen LogP contribution in [0.4, 0.5) is 19.0 Å². The summed E-state index contributed by atoms with van der Waals surface area (Å²) < 4.78 is 42.6. The number of carbonyl (C=O) groups is 1. The predicted molar refractivity (Wildman–Crippen MR) is 101 cm³/mol. The smallest absolute Gasteiger partial charge is 0.299 e. The van der Waals surface area contributed by atoms with Gasteiger partial charge >= 0.3 is 6.18 Å². The van der Waals surface area contributed by atoms with Gasteiger partial charge < -0.3 is 0 Å². The van der Waals surface area contributed by atoms with Gasteiger partial charge in [-0.25, -0.2) is 14.3 Å². The lowest BCUT2D eigenvalue weighted by Gasteiger charge is -2.19. The van der Waals surface area contributed by atoms with Crippen LogP contribution in [0.3, 0.4) is 0 Å². The fourth-order valence-corrected chi connectivity index (χ4v) is 3.51. The standard InChI is InChI=1S/C19H20F3N7O/c1-27-17-6-8-25-29(17)9-7-15(18(27)30)23-10-16-24-12-28(26-16)11-13-4-2-3-5-14(13)19(20,21)22/h2-6,8,12,15,23H,7,9-11H2,1H3/t15-/m0/s1. The zero-order valence-electron chi connectivity index (χ0n) is 16.2. The molecule has 0 radical (unpaired) electrons. The Hall–Kier alpha value is -3.21. The van der Waals surface area contributed by atoms with E-state index in [0.29, 0.717) is 18.8 Å². The Morgan fingerprint density at radius 1 is 1.23 bits per heavy atom. The van der Waals surface area contributed by atoms with Gasteiger partial charge in [-0.15, -0.1) is 0 Å². The molecule has 2 aromatic heterocycles. The number of carbonyl (C=O) groups excluding carboxylic acids is 1. The molecule has 1 amide bonds. The van der Waals surface area contributed by atoms with Gasteiger partial charge in [0.15, 0.2) is 5.82 Å². The number of anilines is 1. The van der Waals surface area contributed by atoms with Gasteiger partial charge in [0.2, 0.25) is 5.91 Å².